The minimum absolute atomic E-state index is 0.0705. The molecule has 2 aromatic heterocycles. The van der Waals surface area contributed by atoms with Crippen molar-refractivity contribution in [3.63, 3.8) is 0 Å². The minimum Gasteiger partial charge on any atom is -0.493 e. The van der Waals surface area contributed by atoms with Crippen LogP contribution in [0.4, 0.5) is 25.1 Å². The number of benzene rings is 2. The molecule has 3 N–H and O–H groups in total. The smallest absolute Gasteiger partial charge is 0.416 e. The normalized spacial score (nSPS) is 11.6. The largest absolute Gasteiger partial charge is 0.493 e. The lowest BCUT2D eigenvalue weighted by Gasteiger charge is -2.21. The number of hydrogen-bond donors (Lipinski definition) is 3. The number of carboxylic acids is 1. The van der Waals surface area contributed by atoms with E-state index in [-0.39, 0.29) is 31.1 Å². The lowest BCUT2D eigenvalue weighted by atomic mass is 10.1. The van der Waals surface area contributed by atoms with Crippen molar-refractivity contribution < 1.29 is 37.3 Å². The van der Waals surface area contributed by atoms with E-state index in [1.807, 2.05) is 17.5 Å². The van der Waals surface area contributed by atoms with Gasteiger partial charge in [-0.3, -0.25) is 0 Å². The van der Waals surface area contributed by atoms with Crippen LogP contribution in [-0.2, 0) is 24.1 Å². The van der Waals surface area contributed by atoms with Gasteiger partial charge in [-0.1, -0.05) is 18.2 Å². The third-order valence-electron chi connectivity index (χ3n) is 5.85. The lowest BCUT2D eigenvalue weighted by molar-refractivity contribution is -0.152. The molecule has 0 fully saturated rings. The number of anilines is 2. The Balaban J connectivity index is 1.31. The molecule has 43 heavy (non-hydrogen) atoms. The number of hydrogen-bond acceptors (Lipinski definition) is 10. The summed E-state index contributed by atoms with van der Waals surface area (Å²) in [6.07, 6.45) is -3.90. The maximum Gasteiger partial charge on any atom is 0.416 e. The molecule has 4 aromatic rings. The van der Waals surface area contributed by atoms with Gasteiger partial charge in [-0.2, -0.15) is 28.1 Å². The van der Waals surface area contributed by atoms with Crippen molar-refractivity contribution >= 4 is 29.2 Å². The molecule has 0 saturated heterocycles. The average Bonchev–Trinajstić information content (AvgIpc) is 3.49. The molecule has 228 valence electrons. The summed E-state index contributed by atoms with van der Waals surface area (Å²) >= 11 is 1.58. The highest BCUT2D eigenvalue weighted by Gasteiger charge is 2.30. The Labute approximate surface area is 249 Å². The number of nitrogens with zero attached hydrogens (tertiary/aromatic N) is 3. The fraction of sp³-hybridized carbons (Fsp3) is 0.310. The predicted molar refractivity (Wildman–Crippen MR) is 155 cm³/mol. The van der Waals surface area contributed by atoms with Crippen molar-refractivity contribution in [2.75, 3.05) is 23.8 Å². The second kappa shape index (κ2) is 14.1. The number of carboxylic acid groups (broad SMARTS) is 1. The number of thiophene rings is 1. The first-order chi connectivity index (χ1) is 20.5. The highest BCUT2D eigenvalue weighted by molar-refractivity contribution is 7.09. The molecule has 14 heteroatoms. The van der Waals surface area contributed by atoms with Crippen LogP contribution in [0.25, 0.3) is 0 Å². The van der Waals surface area contributed by atoms with E-state index in [2.05, 4.69) is 25.6 Å². The Bertz CT molecular complexity index is 1470. The van der Waals surface area contributed by atoms with Crippen LogP contribution in [-0.4, -0.2) is 44.8 Å². The number of nitrogens with one attached hydrogen (secondary N) is 2. The lowest BCUT2D eigenvalue weighted by Crippen LogP contribution is -2.37. The summed E-state index contributed by atoms with van der Waals surface area (Å²) in [5, 5.41) is 17.3. The van der Waals surface area contributed by atoms with E-state index in [4.69, 9.17) is 14.2 Å². The number of alkyl halides is 3. The van der Waals surface area contributed by atoms with E-state index in [1.54, 1.807) is 35.6 Å². The van der Waals surface area contributed by atoms with Gasteiger partial charge in [0.2, 0.25) is 11.9 Å². The van der Waals surface area contributed by atoms with E-state index in [1.165, 1.54) is 26.0 Å². The zero-order chi connectivity index (χ0) is 30.9. The standard InChI is InChI=1S/C29H30F3N5O5S/c1-28(2,24(38)39)42-22-12-10-21(11-13-22)40-14-4-15-41-27-36-25(35-26(37-27)34-18-23-5-3-16-43-23)33-17-19-6-8-20(9-7-19)29(30,31)32/h3,5-13,16H,4,14-15,17-18H2,1-2H3,(H,38,39)(H2,33,34,35,36,37). The monoisotopic (exact) mass is 617 g/mol. The first kappa shape index (κ1) is 31.3. The quantitative estimate of drug-likeness (QED) is 0.131. The van der Waals surface area contributed by atoms with Gasteiger partial charge in [0.05, 0.1) is 25.3 Å². The van der Waals surface area contributed by atoms with Gasteiger partial charge >= 0.3 is 18.2 Å². The minimum atomic E-state index is -4.40. The van der Waals surface area contributed by atoms with Crippen LogP contribution in [0.15, 0.2) is 66.0 Å². The molecule has 0 aliphatic carbocycles. The van der Waals surface area contributed by atoms with Crippen molar-refractivity contribution in [3.8, 4) is 17.5 Å². The van der Waals surface area contributed by atoms with Crippen LogP contribution in [0.1, 0.15) is 36.3 Å². The Kier molecular flexibility index (Phi) is 10.2. The topological polar surface area (TPSA) is 128 Å². The molecule has 2 aromatic carbocycles. The molecule has 0 saturated carbocycles. The zero-order valence-corrected chi connectivity index (χ0v) is 24.2. The van der Waals surface area contributed by atoms with Crippen LogP contribution < -0.4 is 24.8 Å². The fourth-order valence-corrected chi connectivity index (χ4v) is 4.15. The number of halogens is 3. The van der Waals surface area contributed by atoms with Gasteiger partial charge in [-0.15, -0.1) is 11.3 Å². The molecule has 10 nitrogen and oxygen atoms in total. The van der Waals surface area contributed by atoms with Crippen molar-refractivity contribution in [1.29, 1.82) is 0 Å². The first-order valence-corrected chi connectivity index (χ1v) is 14.1. The molecular formula is C29H30F3N5O5S. The van der Waals surface area contributed by atoms with Crippen molar-refractivity contribution in [3.05, 3.63) is 82.0 Å². The molecule has 0 spiro atoms. The summed E-state index contributed by atoms with van der Waals surface area (Å²) in [6, 6.07) is 15.4. The van der Waals surface area contributed by atoms with E-state index >= 15 is 0 Å². The van der Waals surface area contributed by atoms with Crippen LogP contribution in [0.5, 0.6) is 17.5 Å². The van der Waals surface area contributed by atoms with Gasteiger partial charge in [0, 0.05) is 17.8 Å². The van der Waals surface area contributed by atoms with Gasteiger partial charge in [0.25, 0.3) is 0 Å². The van der Waals surface area contributed by atoms with Crippen molar-refractivity contribution in [2.24, 2.45) is 0 Å². The second-order valence-corrected chi connectivity index (χ2v) is 10.7. The number of aliphatic carboxylic acids is 1. The molecule has 0 aliphatic rings. The summed E-state index contributed by atoms with van der Waals surface area (Å²) in [4.78, 5) is 25.3. The van der Waals surface area contributed by atoms with Gasteiger partial charge in [0.1, 0.15) is 11.5 Å². The second-order valence-electron chi connectivity index (χ2n) is 9.69. The third-order valence-corrected chi connectivity index (χ3v) is 6.72. The van der Waals surface area contributed by atoms with Crippen LogP contribution in [0, 0.1) is 0 Å². The van der Waals surface area contributed by atoms with E-state index in [0.717, 1.165) is 17.0 Å². The highest BCUT2D eigenvalue weighted by atomic mass is 32.1. The highest BCUT2D eigenvalue weighted by Crippen LogP contribution is 2.29. The molecule has 0 atom stereocenters. The maximum atomic E-state index is 12.9. The Hall–Kier alpha value is -4.59. The third kappa shape index (κ3) is 9.74. The van der Waals surface area contributed by atoms with Crippen LogP contribution in [0.2, 0.25) is 0 Å². The van der Waals surface area contributed by atoms with E-state index < -0.39 is 23.3 Å². The van der Waals surface area contributed by atoms with E-state index in [9.17, 15) is 23.1 Å². The van der Waals surface area contributed by atoms with Crippen molar-refractivity contribution in [1.82, 2.24) is 15.0 Å². The number of aromatic nitrogens is 3. The Morgan fingerprint density at radius 3 is 2.09 bits per heavy atom. The van der Waals surface area contributed by atoms with Gasteiger partial charge in [-0.05, 0) is 67.3 Å². The molecule has 0 aliphatic heterocycles. The SMILES string of the molecule is CC(C)(Oc1ccc(OCCCOc2nc(NCc3ccc(C(F)(F)F)cc3)nc(NCc3cccs3)n2)cc1)C(=O)O. The summed E-state index contributed by atoms with van der Waals surface area (Å²) < 4.78 is 55.5. The van der Waals surface area contributed by atoms with Crippen LogP contribution >= 0.6 is 11.3 Å². The zero-order valence-electron chi connectivity index (χ0n) is 23.4. The number of ether oxygens (including phenoxy) is 3. The van der Waals surface area contributed by atoms with E-state index in [0.29, 0.717) is 36.6 Å². The first-order valence-electron chi connectivity index (χ1n) is 13.2. The fourth-order valence-electron chi connectivity index (χ4n) is 3.51. The summed E-state index contributed by atoms with van der Waals surface area (Å²) in [5.41, 5.74) is -1.46. The summed E-state index contributed by atoms with van der Waals surface area (Å²) in [6.45, 7) is 4.18. The molecule has 0 bridgehead atoms. The summed E-state index contributed by atoms with van der Waals surface area (Å²) in [7, 11) is 0. The molecular weight excluding hydrogens is 587 g/mol. The molecule has 2 heterocycles. The number of rotatable bonds is 15. The van der Waals surface area contributed by atoms with Crippen molar-refractivity contribution in [2.45, 2.75) is 45.1 Å². The summed E-state index contributed by atoms with van der Waals surface area (Å²) in [5.74, 6) is 0.388. The Morgan fingerprint density at radius 2 is 1.49 bits per heavy atom. The molecule has 0 unspecified atom stereocenters. The maximum absolute atomic E-state index is 12.9. The average molecular weight is 618 g/mol. The molecule has 0 amide bonds. The molecule has 4 rings (SSSR count). The van der Waals surface area contributed by atoms with Gasteiger partial charge in [-0.25, -0.2) is 4.79 Å². The van der Waals surface area contributed by atoms with Crippen LogP contribution in [0.3, 0.4) is 0 Å². The predicted octanol–water partition coefficient (Wildman–Crippen LogP) is 6.27. The molecule has 0 radical (unpaired) electrons. The van der Waals surface area contributed by atoms with Gasteiger partial charge < -0.3 is 30.0 Å². The van der Waals surface area contributed by atoms with Gasteiger partial charge in [0.15, 0.2) is 5.60 Å². The number of carbonyl (C=O) groups is 1. The Morgan fingerprint density at radius 1 is 0.860 bits per heavy atom.